The van der Waals surface area contributed by atoms with E-state index in [1.807, 2.05) is 47.0 Å². The first-order chi connectivity index (χ1) is 15.6. The third-order valence-electron chi connectivity index (χ3n) is 4.82. The summed E-state index contributed by atoms with van der Waals surface area (Å²) in [5.41, 5.74) is 3.44. The molecule has 32 heavy (non-hydrogen) atoms. The number of aryl methyl sites for hydroxylation is 1. The van der Waals surface area contributed by atoms with E-state index >= 15 is 0 Å². The van der Waals surface area contributed by atoms with Gasteiger partial charge < -0.3 is 9.30 Å². The summed E-state index contributed by atoms with van der Waals surface area (Å²) < 4.78 is 10.2. The smallest absolute Gasteiger partial charge is 0.358 e. The van der Waals surface area contributed by atoms with Crippen LogP contribution in [0.2, 0.25) is 0 Å². The van der Waals surface area contributed by atoms with E-state index in [9.17, 15) is 4.79 Å². The largest absolute Gasteiger partial charge is 0.461 e. The summed E-state index contributed by atoms with van der Waals surface area (Å²) in [7, 11) is 0. The van der Waals surface area contributed by atoms with Crippen LogP contribution in [0.25, 0.3) is 16.9 Å². The summed E-state index contributed by atoms with van der Waals surface area (Å²) in [5, 5.41) is 2.07. The van der Waals surface area contributed by atoms with E-state index in [4.69, 9.17) is 9.73 Å². The fourth-order valence-electron chi connectivity index (χ4n) is 3.40. The molecular weight excluding hydrogens is 488 g/mol. The van der Waals surface area contributed by atoms with Crippen molar-refractivity contribution < 1.29 is 9.53 Å². The molecule has 0 radical (unpaired) electrons. The molecule has 8 heteroatoms. The lowest BCUT2D eigenvalue weighted by atomic mass is 10.1. The van der Waals surface area contributed by atoms with Crippen LogP contribution in [0.4, 0.5) is 5.82 Å². The van der Waals surface area contributed by atoms with E-state index in [0.29, 0.717) is 24.7 Å². The lowest BCUT2D eigenvalue weighted by Gasteiger charge is -2.10. The van der Waals surface area contributed by atoms with E-state index in [1.165, 1.54) is 11.3 Å². The summed E-state index contributed by atoms with van der Waals surface area (Å²) in [5.74, 6) is -0.0427. The number of nitrogens with zero attached hydrogens (tertiary/aromatic N) is 4. The van der Waals surface area contributed by atoms with Gasteiger partial charge in [-0.05, 0) is 43.2 Å². The zero-order valence-corrected chi connectivity index (χ0v) is 20.3. The number of imidazole rings is 1. The molecule has 0 aliphatic rings. The molecule has 0 saturated carbocycles. The number of ether oxygens (including phenoxy) is 1. The van der Waals surface area contributed by atoms with Crippen molar-refractivity contribution in [3.8, 4) is 16.9 Å². The Labute approximate surface area is 199 Å². The van der Waals surface area contributed by atoms with Gasteiger partial charge in [0.1, 0.15) is 0 Å². The average Bonchev–Trinajstić information content (AvgIpc) is 3.40. The normalized spacial score (nSPS) is 11.7. The number of thiazole rings is 1. The predicted molar refractivity (Wildman–Crippen MR) is 130 cm³/mol. The summed E-state index contributed by atoms with van der Waals surface area (Å²) in [6.07, 6.45) is 2.53. The number of aromatic nitrogens is 3. The first kappa shape index (κ1) is 22.2. The van der Waals surface area contributed by atoms with Gasteiger partial charge in [-0.3, -0.25) is 4.57 Å². The molecular formula is C24H23BrN4O2S. The standard InChI is InChI=1S/C24H23BrN4O2S/c1-3-14-28-16-26-22(21(28)23(30)31-4-2)27-24-29(19-8-6-5-7-9-19)20(15-32-24)17-10-12-18(25)13-11-17/h5-13,15-16H,3-4,14H2,1-2H3. The van der Waals surface area contributed by atoms with E-state index < -0.39 is 5.97 Å². The summed E-state index contributed by atoms with van der Waals surface area (Å²) >= 11 is 5.01. The van der Waals surface area contributed by atoms with Crippen LogP contribution in [0.1, 0.15) is 30.8 Å². The highest BCUT2D eigenvalue weighted by molar-refractivity contribution is 9.10. The monoisotopic (exact) mass is 510 g/mol. The Kier molecular flexibility index (Phi) is 7.02. The van der Waals surface area contributed by atoms with Crippen LogP contribution in [0.15, 0.2) is 75.8 Å². The predicted octanol–water partition coefficient (Wildman–Crippen LogP) is 5.98. The molecule has 0 saturated heterocycles. The van der Waals surface area contributed by atoms with Gasteiger partial charge in [-0.25, -0.2) is 9.78 Å². The highest BCUT2D eigenvalue weighted by Gasteiger charge is 2.20. The minimum absolute atomic E-state index is 0.298. The van der Waals surface area contributed by atoms with Gasteiger partial charge in [0.15, 0.2) is 16.3 Å². The van der Waals surface area contributed by atoms with E-state index in [-0.39, 0.29) is 0 Å². The number of carbonyl (C=O) groups is 1. The molecule has 2 aromatic carbocycles. The lowest BCUT2D eigenvalue weighted by molar-refractivity contribution is 0.0514. The zero-order valence-electron chi connectivity index (χ0n) is 17.9. The van der Waals surface area contributed by atoms with Crippen molar-refractivity contribution in [2.45, 2.75) is 26.8 Å². The van der Waals surface area contributed by atoms with Crippen molar-refractivity contribution in [2.24, 2.45) is 4.99 Å². The van der Waals surface area contributed by atoms with E-state index in [0.717, 1.165) is 32.6 Å². The van der Waals surface area contributed by atoms with Gasteiger partial charge in [-0.1, -0.05) is 53.2 Å². The van der Waals surface area contributed by atoms with Crippen LogP contribution >= 0.6 is 27.3 Å². The fourth-order valence-corrected chi connectivity index (χ4v) is 4.57. The maximum atomic E-state index is 12.7. The zero-order chi connectivity index (χ0) is 22.5. The second-order valence-electron chi connectivity index (χ2n) is 7.02. The molecule has 4 aromatic rings. The summed E-state index contributed by atoms with van der Waals surface area (Å²) in [6.45, 7) is 4.82. The maximum absolute atomic E-state index is 12.7. The Morgan fingerprint density at radius 3 is 2.56 bits per heavy atom. The van der Waals surface area contributed by atoms with Gasteiger partial charge >= 0.3 is 5.97 Å². The number of esters is 1. The molecule has 6 nitrogen and oxygen atoms in total. The van der Waals surface area contributed by atoms with Crippen LogP contribution in [0.3, 0.4) is 0 Å². The van der Waals surface area contributed by atoms with Gasteiger partial charge in [0.05, 0.1) is 18.6 Å². The number of carbonyl (C=O) groups excluding carboxylic acids is 1. The summed E-state index contributed by atoms with van der Waals surface area (Å²) in [6, 6.07) is 18.2. The molecule has 0 spiro atoms. The van der Waals surface area contributed by atoms with Crippen molar-refractivity contribution >= 4 is 39.1 Å². The first-order valence-electron chi connectivity index (χ1n) is 10.4. The molecule has 2 heterocycles. The van der Waals surface area contributed by atoms with Crippen LogP contribution in [-0.2, 0) is 11.3 Å². The molecule has 2 aromatic heterocycles. The Hall–Kier alpha value is -2.97. The maximum Gasteiger partial charge on any atom is 0.358 e. The van der Waals surface area contributed by atoms with E-state index in [1.54, 1.807) is 13.3 Å². The van der Waals surface area contributed by atoms with Gasteiger partial charge in [-0.2, -0.15) is 4.99 Å². The molecule has 0 N–H and O–H groups in total. The minimum Gasteiger partial charge on any atom is -0.461 e. The van der Waals surface area contributed by atoms with Gasteiger partial charge in [-0.15, -0.1) is 11.3 Å². The average molecular weight is 511 g/mol. The van der Waals surface area contributed by atoms with Crippen LogP contribution in [0.5, 0.6) is 0 Å². The van der Waals surface area contributed by atoms with Crippen molar-refractivity contribution in [3.05, 3.63) is 81.3 Å². The third kappa shape index (κ3) is 4.61. The minimum atomic E-state index is -0.409. The fraction of sp³-hybridized carbons (Fsp3) is 0.208. The topological polar surface area (TPSA) is 61.4 Å². The number of hydrogen-bond acceptors (Lipinski definition) is 5. The molecule has 0 atom stereocenters. The highest BCUT2D eigenvalue weighted by atomic mass is 79.9. The second kappa shape index (κ2) is 10.1. The van der Waals surface area contributed by atoms with Crippen LogP contribution in [-0.4, -0.2) is 26.7 Å². The van der Waals surface area contributed by atoms with Crippen LogP contribution < -0.4 is 4.80 Å². The van der Waals surface area contributed by atoms with Crippen LogP contribution in [0, 0.1) is 0 Å². The number of benzene rings is 2. The number of hydrogen-bond donors (Lipinski definition) is 0. The molecule has 0 aliphatic heterocycles. The summed E-state index contributed by atoms with van der Waals surface area (Å²) in [4.78, 5) is 22.7. The Bertz CT molecular complexity index is 1270. The Morgan fingerprint density at radius 1 is 1.12 bits per heavy atom. The lowest BCUT2D eigenvalue weighted by Crippen LogP contribution is -2.15. The molecule has 0 amide bonds. The van der Waals surface area contributed by atoms with Crippen molar-refractivity contribution in [3.63, 3.8) is 0 Å². The first-order valence-corrected chi connectivity index (χ1v) is 12.1. The van der Waals surface area contributed by atoms with Gasteiger partial charge in [0.2, 0.25) is 0 Å². The molecule has 0 aliphatic carbocycles. The number of halogens is 1. The van der Waals surface area contributed by atoms with Gasteiger partial charge in [0, 0.05) is 22.1 Å². The number of para-hydroxylation sites is 1. The van der Waals surface area contributed by atoms with Crippen molar-refractivity contribution in [1.29, 1.82) is 0 Å². The quantitative estimate of drug-likeness (QED) is 0.287. The molecule has 0 unspecified atom stereocenters. The SMILES string of the molecule is CCCn1cnc(N=c2scc(-c3ccc(Br)cc3)n2-c2ccccc2)c1C(=O)OCC. The second-order valence-corrected chi connectivity index (χ2v) is 8.78. The molecule has 4 rings (SSSR count). The van der Waals surface area contributed by atoms with Gasteiger partial charge in [0.25, 0.3) is 0 Å². The molecule has 164 valence electrons. The third-order valence-corrected chi connectivity index (χ3v) is 6.17. The molecule has 0 fully saturated rings. The Balaban J connectivity index is 1.91. The molecule has 0 bridgehead atoms. The Morgan fingerprint density at radius 2 is 1.88 bits per heavy atom. The highest BCUT2D eigenvalue weighted by Crippen LogP contribution is 2.26. The van der Waals surface area contributed by atoms with E-state index in [2.05, 4.69) is 49.9 Å². The number of rotatable bonds is 7. The van der Waals surface area contributed by atoms with Crippen molar-refractivity contribution in [2.75, 3.05) is 6.61 Å². The van der Waals surface area contributed by atoms with Crippen molar-refractivity contribution in [1.82, 2.24) is 14.1 Å².